The highest BCUT2D eigenvalue weighted by molar-refractivity contribution is 8.06. The van der Waals surface area contributed by atoms with Gasteiger partial charge in [0.2, 0.25) is 5.95 Å². The second kappa shape index (κ2) is 7.21. The molecule has 0 aliphatic carbocycles. The summed E-state index contributed by atoms with van der Waals surface area (Å²) in [7, 11) is 0. The Hall–Kier alpha value is -0.290. The van der Waals surface area contributed by atoms with Crippen molar-refractivity contribution in [2.45, 2.75) is 31.6 Å². The van der Waals surface area contributed by atoms with E-state index in [4.69, 9.17) is 0 Å². The Kier molecular flexibility index (Phi) is 5.58. The summed E-state index contributed by atoms with van der Waals surface area (Å²) in [5.41, 5.74) is 0. The fourth-order valence-corrected chi connectivity index (χ4v) is 4.53. The highest BCUT2D eigenvalue weighted by Crippen LogP contribution is 2.25. The lowest BCUT2D eigenvalue weighted by Crippen LogP contribution is -2.21. The number of rotatable bonds is 6. The van der Waals surface area contributed by atoms with E-state index >= 15 is 0 Å². The lowest BCUT2D eigenvalue weighted by atomic mass is 10.3. The molecule has 1 atom stereocenters. The zero-order valence-corrected chi connectivity index (χ0v) is 12.0. The van der Waals surface area contributed by atoms with E-state index in [1.54, 1.807) is 0 Å². The van der Waals surface area contributed by atoms with Crippen LogP contribution in [-0.2, 0) is 6.54 Å². The first-order valence-corrected chi connectivity index (χ1v) is 8.55. The van der Waals surface area contributed by atoms with Gasteiger partial charge in [0, 0.05) is 48.0 Å². The van der Waals surface area contributed by atoms with Crippen LogP contribution >= 0.6 is 23.5 Å². The molecule has 1 saturated heterocycles. The summed E-state index contributed by atoms with van der Waals surface area (Å²) < 4.78 is 2.26. The molecule has 1 aliphatic heterocycles. The minimum atomic E-state index is 0.745. The Balaban J connectivity index is 1.84. The Morgan fingerprint density at radius 2 is 2.47 bits per heavy atom. The maximum atomic E-state index is 4.39. The van der Waals surface area contributed by atoms with Crippen molar-refractivity contribution in [3.8, 4) is 0 Å². The van der Waals surface area contributed by atoms with Crippen molar-refractivity contribution in [1.82, 2.24) is 9.55 Å². The Bertz CT molecular complexity index is 321. The van der Waals surface area contributed by atoms with E-state index in [0.717, 1.165) is 24.3 Å². The molecule has 1 aromatic heterocycles. The van der Waals surface area contributed by atoms with Crippen LogP contribution in [0.3, 0.4) is 0 Å². The molecule has 1 unspecified atom stereocenters. The number of imidazole rings is 1. The smallest absolute Gasteiger partial charge is 0.202 e. The van der Waals surface area contributed by atoms with Crippen LogP contribution in [0.4, 0.5) is 5.95 Å². The molecule has 5 heteroatoms. The largest absolute Gasteiger partial charge is 0.356 e. The van der Waals surface area contributed by atoms with Crippen LogP contribution in [0.2, 0.25) is 0 Å². The number of anilines is 1. The maximum absolute atomic E-state index is 4.39. The first kappa shape index (κ1) is 13.1. The van der Waals surface area contributed by atoms with Gasteiger partial charge in [0.25, 0.3) is 0 Å². The number of hydrogen-bond acceptors (Lipinski definition) is 4. The van der Waals surface area contributed by atoms with E-state index in [1.807, 2.05) is 6.20 Å². The topological polar surface area (TPSA) is 29.9 Å². The van der Waals surface area contributed by atoms with Crippen molar-refractivity contribution >= 4 is 29.5 Å². The summed E-state index contributed by atoms with van der Waals surface area (Å²) in [5, 5.41) is 4.16. The maximum Gasteiger partial charge on any atom is 0.202 e. The van der Waals surface area contributed by atoms with Crippen LogP contribution in [0.1, 0.15) is 19.8 Å². The minimum absolute atomic E-state index is 0.745. The Morgan fingerprint density at radius 1 is 1.53 bits per heavy atom. The van der Waals surface area contributed by atoms with Gasteiger partial charge in [-0.15, -0.1) is 0 Å². The lowest BCUT2D eigenvalue weighted by Gasteiger charge is -2.22. The van der Waals surface area contributed by atoms with Crippen molar-refractivity contribution in [3.63, 3.8) is 0 Å². The second-order valence-corrected chi connectivity index (χ2v) is 6.81. The number of hydrogen-bond donors (Lipinski definition) is 1. The summed E-state index contributed by atoms with van der Waals surface area (Å²) in [5.74, 6) is 4.92. The average molecular weight is 271 g/mol. The van der Waals surface area contributed by atoms with Gasteiger partial charge in [-0.1, -0.05) is 13.3 Å². The van der Waals surface area contributed by atoms with Gasteiger partial charge >= 0.3 is 0 Å². The number of nitrogens with one attached hydrogen (secondary N) is 1. The van der Waals surface area contributed by atoms with Gasteiger partial charge in [0.05, 0.1) is 0 Å². The quantitative estimate of drug-likeness (QED) is 0.806. The molecule has 0 aromatic carbocycles. The van der Waals surface area contributed by atoms with Crippen molar-refractivity contribution in [2.24, 2.45) is 0 Å². The van der Waals surface area contributed by atoms with E-state index < -0.39 is 0 Å². The van der Waals surface area contributed by atoms with Gasteiger partial charge in [-0.3, -0.25) is 0 Å². The molecular formula is C12H21N3S2. The number of unbranched alkanes of at least 4 members (excludes halogenated alkanes) is 1. The van der Waals surface area contributed by atoms with Crippen LogP contribution in [0, 0.1) is 0 Å². The highest BCUT2D eigenvalue weighted by Gasteiger charge is 2.15. The molecule has 1 aliphatic rings. The van der Waals surface area contributed by atoms with Gasteiger partial charge in [0.1, 0.15) is 0 Å². The predicted octanol–water partition coefficient (Wildman–Crippen LogP) is 2.94. The van der Waals surface area contributed by atoms with Gasteiger partial charge < -0.3 is 9.88 Å². The Morgan fingerprint density at radius 3 is 3.24 bits per heavy atom. The molecule has 17 heavy (non-hydrogen) atoms. The zero-order chi connectivity index (χ0) is 11.9. The summed E-state index contributed by atoms with van der Waals surface area (Å²) >= 11 is 4.18. The molecule has 0 saturated carbocycles. The highest BCUT2D eigenvalue weighted by atomic mass is 32.2. The molecule has 1 aromatic rings. The van der Waals surface area contributed by atoms with Crippen LogP contribution in [0.25, 0.3) is 0 Å². The predicted molar refractivity (Wildman–Crippen MR) is 79.2 cm³/mol. The third-order valence-corrected chi connectivity index (χ3v) is 5.64. The monoisotopic (exact) mass is 271 g/mol. The summed E-state index contributed by atoms with van der Waals surface area (Å²) in [6.45, 7) is 4.33. The normalized spacial score (nSPS) is 20.4. The minimum Gasteiger partial charge on any atom is -0.356 e. The van der Waals surface area contributed by atoms with Crippen LogP contribution in [0.15, 0.2) is 12.4 Å². The van der Waals surface area contributed by atoms with E-state index in [0.29, 0.717) is 0 Å². The van der Waals surface area contributed by atoms with E-state index in [2.05, 4.69) is 51.5 Å². The molecule has 3 nitrogen and oxygen atoms in total. The second-order valence-electron chi connectivity index (χ2n) is 4.25. The molecular weight excluding hydrogens is 250 g/mol. The molecule has 0 spiro atoms. The molecule has 2 heterocycles. The van der Waals surface area contributed by atoms with Crippen LogP contribution in [0.5, 0.6) is 0 Å². The fourth-order valence-electron chi connectivity index (χ4n) is 1.86. The third-order valence-electron chi connectivity index (χ3n) is 2.81. The van der Waals surface area contributed by atoms with Crippen molar-refractivity contribution in [1.29, 1.82) is 0 Å². The molecule has 0 bridgehead atoms. The fraction of sp³-hybridized carbons (Fsp3) is 0.750. The van der Waals surface area contributed by atoms with Crippen molar-refractivity contribution in [3.05, 3.63) is 12.4 Å². The first-order valence-electron chi connectivity index (χ1n) is 6.34. The number of thioether (sulfide) groups is 2. The van der Waals surface area contributed by atoms with Gasteiger partial charge in [-0.25, -0.2) is 4.98 Å². The Labute approximate surface area is 112 Å². The van der Waals surface area contributed by atoms with Crippen molar-refractivity contribution in [2.75, 3.05) is 29.1 Å². The average Bonchev–Trinajstić information content (AvgIpc) is 2.79. The van der Waals surface area contributed by atoms with Crippen molar-refractivity contribution < 1.29 is 0 Å². The third kappa shape index (κ3) is 4.14. The van der Waals surface area contributed by atoms with Gasteiger partial charge in [-0.05, 0) is 6.42 Å². The lowest BCUT2D eigenvalue weighted by molar-refractivity contribution is 0.694. The SMILES string of the molecule is CCCCNc1nccn1CC1CSCCS1. The van der Waals surface area contributed by atoms with E-state index in [9.17, 15) is 0 Å². The molecule has 96 valence electrons. The van der Waals surface area contributed by atoms with E-state index in [-0.39, 0.29) is 0 Å². The molecule has 1 N–H and O–H groups in total. The summed E-state index contributed by atoms with van der Waals surface area (Å²) in [6, 6.07) is 0. The number of nitrogens with zero attached hydrogens (tertiary/aromatic N) is 2. The zero-order valence-electron chi connectivity index (χ0n) is 10.4. The first-order chi connectivity index (χ1) is 8.40. The molecule has 0 radical (unpaired) electrons. The molecule has 2 rings (SSSR count). The van der Waals surface area contributed by atoms with Gasteiger partial charge in [0.15, 0.2) is 0 Å². The molecule has 1 fully saturated rings. The standard InChI is InChI=1S/C12H21N3S2/c1-2-3-4-13-12-14-5-6-15(12)9-11-10-16-7-8-17-11/h5-6,11H,2-4,7-10H2,1H3,(H,13,14). The summed E-state index contributed by atoms with van der Waals surface area (Å²) in [4.78, 5) is 4.39. The number of aromatic nitrogens is 2. The molecule has 0 amide bonds. The van der Waals surface area contributed by atoms with Crippen LogP contribution < -0.4 is 5.32 Å². The van der Waals surface area contributed by atoms with Crippen LogP contribution in [-0.4, -0.2) is 38.6 Å². The van der Waals surface area contributed by atoms with E-state index in [1.165, 1.54) is 30.1 Å². The summed E-state index contributed by atoms with van der Waals surface area (Å²) in [6.07, 6.45) is 6.42. The van der Waals surface area contributed by atoms with Gasteiger partial charge in [-0.2, -0.15) is 23.5 Å².